The van der Waals surface area contributed by atoms with Gasteiger partial charge in [-0.2, -0.15) is 0 Å². The predicted molar refractivity (Wildman–Crippen MR) is 119 cm³/mol. The average molecular weight is 431 g/mol. The molecular weight excluding hydrogens is 400 g/mol. The van der Waals surface area contributed by atoms with Crippen LogP contribution in [0.25, 0.3) is 0 Å². The fourth-order valence-electron chi connectivity index (χ4n) is 3.25. The molecule has 30 heavy (non-hydrogen) atoms. The quantitative estimate of drug-likeness (QED) is 0.604. The Kier molecular flexibility index (Phi) is 8.82. The zero-order valence-corrected chi connectivity index (χ0v) is 18.2. The first kappa shape index (κ1) is 22.4. The molecule has 162 valence electrons. The Morgan fingerprint density at radius 1 is 1.10 bits per heavy atom. The third kappa shape index (κ3) is 7.53. The van der Waals surface area contributed by atoms with Crippen LogP contribution in [-0.4, -0.2) is 67.6 Å². The minimum Gasteiger partial charge on any atom is -0.379 e. The standard InChI is InChI=1S/C22H30N4O3S/c1-2-25(16-21(27)23-14-20-4-3-13-30-20)17-22(28)24-19-7-5-18(6-8-19)15-26-9-11-29-12-10-26/h3-8,13H,2,9-12,14-17H2,1H3,(H,23,27)(H,24,28). The van der Waals surface area contributed by atoms with Gasteiger partial charge in [0.1, 0.15) is 0 Å². The van der Waals surface area contributed by atoms with Gasteiger partial charge in [-0.15, -0.1) is 11.3 Å². The van der Waals surface area contributed by atoms with Crippen LogP contribution in [0.2, 0.25) is 0 Å². The minimum atomic E-state index is -0.121. The molecule has 0 aliphatic carbocycles. The van der Waals surface area contributed by atoms with Crippen molar-refractivity contribution in [3.8, 4) is 0 Å². The van der Waals surface area contributed by atoms with Crippen LogP contribution in [0.3, 0.4) is 0 Å². The minimum absolute atomic E-state index is 0.0782. The normalized spacial score (nSPS) is 14.6. The summed E-state index contributed by atoms with van der Waals surface area (Å²) in [6.07, 6.45) is 0. The number of likely N-dealkylation sites (N-methyl/N-ethyl adjacent to an activating group) is 1. The first-order valence-corrected chi connectivity index (χ1v) is 11.2. The lowest BCUT2D eigenvalue weighted by molar-refractivity contribution is -0.123. The summed E-state index contributed by atoms with van der Waals surface area (Å²) < 4.78 is 5.38. The molecule has 0 saturated carbocycles. The molecule has 0 radical (unpaired) electrons. The molecule has 1 aliphatic heterocycles. The number of ether oxygens (including phenoxy) is 1. The number of morpholine rings is 1. The van der Waals surface area contributed by atoms with E-state index in [0.29, 0.717) is 13.1 Å². The zero-order chi connectivity index (χ0) is 21.2. The van der Waals surface area contributed by atoms with E-state index in [4.69, 9.17) is 4.74 Å². The topological polar surface area (TPSA) is 73.9 Å². The molecule has 0 bridgehead atoms. The van der Waals surface area contributed by atoms with E-state index >= 15 is 0 Å². The van der Waals surface area contributed by atoms with E-state index in [9.17, 15) is 9.59 Å². The Labute approximate surface area is 182 Å². The molecule has 1 aromatic carbocycles. The van der Waals surface area contributed by atoms with Gasteiger partial charge in [-0.1, -0.05) is 25.1 Å². The van der Waals surface area contributed by atoms with Crippen molar-refractivity contribution in [3.63, 3.8) is 0 Å². The van der Waals surface area contributed by atoms with Gasteiger partial charge in [0.05, 0.1) is 32.8 Å². The summed E-state index contributed by atoms with van der Waals surface area (Å²) in [5.74, 6) is -0.200. The number of thiophene rings is 1. The van der Waals surface area contributed by atoms with Gasteiger partial charge in [0.25, 0.3) is 0 Å². The third-order valence-corrected chi connectivity index (χ3v) is 5.85. The van der Waals surface area contributed by atoms with Gasteiger partial charge < -0.3 is 15.4 Å². The Morgan fingerprint density at radius 2 is 1.83 bits per heavy atom. The van der Waals surface area contributed by atoms with E-state index in [0.717, 1.165) is 43.4 Å². The van der Waals surface area contributed by atoms with Crippen molar-refractivity contribution < 1.29 is 14.3 Å². The fraction of sp³-hybridized carbons (Fsp3) is 0.455. The maximum absolute atomic E-state index is 12.4. The van der Waals surface area contributed by atoms with Crippen LogP contribution in [0.5, 0.6) is 0 Å². The van der Waals surface area contributed by atoms with Crippen molar-refractivity contribution in [2.24, 2.45) is 0 Å². The summed E-state index contributed by atoms with van der Waals surface area (Å²) in [5, 5.41) is 7.81. The highest BCUT2D eigenvalue weighted by Crippen LogP contribution is 2.13. The number of benzene rings is 1. The Hall–Kier alpha value is -2.26. The molecule has 2 amide bonds. The lowest BCUT2D eigenvalue weighted by Gasteiger charge is -2.26. The SMILES string of the molecule is CCN(CC(=O)NCc1cccs1)CC(=O)Nc1ccc(CN2CCOCC2)cc1. The van der Waals surface area contributed by atoms with Gasteiger partial charge >= 0.3 is 0 Å². The van der Waals surface area contributed by atoms with Gasteiger partial charge in [-0.05, 0) is 35.7 Å². The summed E-state index contributed by atoms with van der Waals surface area (Å²) in [7, 11) is 0. The maximum atomic E-state index is 12.4. The monoisotopic (exact) mass is 430 g/mol. The molecule has 0 unspecified atom stereocenters. The molecular formula is C22H30N4O3S. The molecule has 2 heterocycles. The van der Waals surface area contributed by atoms with Gasteiger partial charge in [-0.25, -0.2) is 0 Å². The summed E-state index contributed by atoms with van der Waals surface area (Å²) in [6, 6.07) is 11.9. The van der Waals surface area contributed by atoms with E-state index in [-0.39, 0.29) is 24.9 Å². The van der Waals surface area contributed by atoms with Crippen LogP contribution in [-0.2, 0) is 27.4 Å². The van der Waals surface area contributed by atoms with E-state index in [1.165, 1.54) is 5.56 Å². The summed E-state index contributed by atoms with van der Waals surface area (Å²) in [6.45, 7) is 7.84. The molecule has 1 saturated heterocycles. The Bertz CT molecular complexity index is 789. The average Bonchev–Trinajstić information content (AvgIpc) is 3.28. The number of amides is 2. The second-order valence-electron chi connectivity index (χ2n) is 7.29. The van der Waals surface area contributed by atoms with Crippen LogP contribution >= 0.6 is 11.3 Å². The molecule has 7 nitrogen and oxygen atoms in total. The van der Waals surface area contributed by atoms with E-state index in [1.54, 1.807) is 11.3 Å². The van der Waals surface area contributed by atoms with Crippen molar-refractivity contribution in [2.45, 2.75) is 20.0 Å². The number of hydrogen-bond acceptors (Lipinski definition) is 6. The molecule has 8 heteroatoms. The van der Waals surface area contributed by atoms with Crippen LogP contribution in [0.1, 0.15) is 17.4 Å². The predicted octanol–water partition coefficient (Wildman–Crippen LogP) is 2.16. The summed E-state index contributed by atoms with van der Waals surface area (Å²) >= 11 is 1.61. The van der Waals surface area contributed by atoms with Gasteiger partial charge in [0.15, 0.2) is 0 Å². The first-order chi connectivity index (χ1) is 14.6. The smallest absolute Gasteiger partial charge is 0.238 e. The van der Waals surface area contributed by atoms with Crippen LogP contribution in [0.4, 0.5) is 5.69 Å². The summed E-state index contributed by atoms with van der Waals surface area (Å²) in [5.41, 5.74) is 1.98. The fourth-order valence-corrected chi connectivity index (χ4v) is 3.90. The van der Waals surface area contributed by atoms with E-state index in [1.807, 2.05) is 53.6 Å². The van der Waals surface area contributed by atoms with Gasteiger partial charge in [0, 0.05) is 30.2 Å². The molecule has 3 rings (SSSR count). The van der Waals surface area contributed by atoms with Crippen LogP contribution in [0, 0.1) is 0 Å². The third-order valence-electron chi connectivity index (χ3n) is 4.97. The Morgan fingerprint density at radius 3 is 2.50 bits per heavy atom. The maximum Gasteiger partial charge on any atom is 0.238 e. The molecule has 0 atom stereocenters. The second kappa shape index (κ2) is 11.8. The van der Waals surface area contributed by atoms with Gasteiger partial charge in [-0.3, -0.25) is 19.4 Å². The number of carbonyl (C=O) groups excluding carboxylic acids is 2. The highest BCUT2D eigenvalue weighted by Gasteiger charge is 2.14. The van der Waals surface area contributed by atoms with E-state index < -0.39 is 0 Å². The molecule has 1 aliphatic rings. The lowest BCUT2D eigenvalue weighted by Crippen LogP contribution is -2.40. The molecule has 1 fully saturated rings. The summed E-state index contributed by atoms with van der Waals surface area (Å²) in [4.78, 5) is 29.9. The number of nitrogens with zero attached hydrogens (tertiary/aromatic N) is 2. The van der Waals surface area contributed by atoms with Crippen molar-refractivity contribution in [3.05, 3.63) is 52.2 Å². The van der Waals surface area contributed by atoms with Crippen LogP contribution < -0.4 is 10.6 Å². The molecule has 2 aromatic rings. The Balaban J connectivity index is 1.40. The number of carbonyl (C=O) groups is 2. The van der Waals surface area contributed by atoms with Crippen molar-refractivity contribution >= 4 is 28.8 Å². The highest BCUT2D eigenvalue weighted by atomic mass is 32.1. The van der Waals surface area contributed by atoms with Gasteiger partial charge in [0.2, 0.25) is 11.8 Å². The molecule has 2 N–H and O–H groups in total. The number of nitrogens with one attached hydrogen (secondary N) is 2. The van der Waals surface area contributed by atoms with Crippen molar-refractivity contribution in [1.82, 2.24) is 15.1 Å². The number of anilines is 1. The second-order valence-corrected chi connectivity index (χ2v) is 8.33. The number of rotatable bonds is 10. The van der Waals surface area contributed by atoms with Crippen LogP contribution in [0.15, 0.2) is 41.8 Å². The molecule has 0 spiro atoms. The number of hydrogen-bond donors (Lipinski definition) is 2. The van der Waals surface area contributed by atoms with Crippen molar-refractivity contribution in [1.29, 1.82) is 0 Å². The largest absolute Gasteiger partial charge is 0.379 e. The van der Waals surface area contributed by atoms with Crippen molar-refractivity contribution in [2.75, 3.05) is 51.3 Å². The lowest BCUT2D eigenvalue weighted by atomic mass is 10.2. The zero-order valence-electron chi connectivity index (χ0n) is 17.4. The highest BCUT2D eigenvalue weighted by molar-refractivity contribution is 7.09. The van der Waals surface area contributed by atoms with E-state index in [2.05, 4.69) is 15.5 Å². The first-order valence-electron chi connectivity index (χ1n) is 10.3. The molecule has 1 aromatic heterocycles.